The maximum Gasteiger partial charge on any atom is 0.303 e. The number of hydrogen-bond acceptors (Lipinski definition) is 4. The lowest BCUT2D eigenvalue weighted by atomic mass is 9.86. The van der Waals surface area contributed by atoms with Crippen LogP contribution in [0.3, 0.4) is 0 Å². The molecule has 0 saturated heterocycles. The summed E-state index contributed by atoms with van der Waals surface area (Å²) in [6.45, 7) is 3.86. The Hall–Kier alpha value is -2.71. The molecule has 0 fully saturated rings. The maximum absolute atomic E-state index is 13.4. The number of rotatable bonds is 9. The van der Waals surface area contributed by atoms with Gasteiger partial charge in [0.05, 0.1) is 10.3 Å². The molecule has 0 unspecified atom stereocenters. The van der Waals surface area contributed by atoms with Crippen molar-refractivity contribution in [3.63, 3.8) is 0 Å². The van der Waals surface area contributed by atoms with Crippen LogP contribution < -0.4 is 5.32 Å². The molecule has 2 aromatic carbocycles. The molecule has 0 spiro atoms. The molecular formula is C22H26N2O5S. The van der Waals surface area contributed by atoms with Crippen molar-refractivity contribution in [3.8, 4) is 0 Å². The van der Waals surface area contributed by atoms with Crippen LogP contribution >= 0.6 is 0 Å². The van der Waals surface area contributed by atoms with Gasteiger partial charge in [0.1, 0.15) is 0 Å². The van der Waals surface area contributed by atoms with Crippen molar-refractivity contribution >= 4 is 27.6 Å². The summed E-state index contributed by atoms with van der Waals surface area (Å²) in [4.78, 5) is 23.2. The summed E-state index contributed by atoms with van der Waals surface area (Å²) < 4.78 is 28.1. The van der Waals surface area contributed by atoms with Gasteiger partial charge in [0.2, 0.25) is 15.9 Å². The molecule has 1 heterocycles. The minimum absolute atomic E-state index is 0.104. The highest BCUT2D eigenvalue weighted by atomic mass is 32.2. The number of amides is 1. The van der Waals surface area contributed by atoms with Crippen molar-refractivity contribution in [3.05, 3.63) is 59.7 Å². The summed E-state index contributed by atoms with van der Waals surface area (Å²) in [5.41, 5.74) is 1.44. The fraction of sp³-hybridized carbons (Fsp3) is 0.364. The van der Waals surface area contributed by atoms with Gasteiger partial charge in [-0.3, -0.25) is 9.59 Å². The number of carboxylic acids is 1. The number of anilines is 1. The number of carbonyl (C=O) groups is 2. The summed E-state index contributed by atoms with van der Waals surface area (Å²) in [7, 11) is -3.86. The Balaban J connectivity index is 1.88. The SMILES string of the molecule is CC1(C)C(=O)Nc2ccc(S(=O)(=O)N(CCCC(=O)O)CCc3ccccc3)cc21. The average Bonchev–Trinajstić information content (AvgIpc) is 2.93. The van der Waals surface area contributed by atoms with Crippen LogP contribution in [0.2, 0.25) is 0 Å². The Morgan fingerprint density at radius 1 is 1.10 bits per heavy atom. The van der Waals surface area contributed by atoms with Gasteiger partial charge < -0.3 is 10.4 Å². The van der Waals surface area contributed by atoms with Crippen LogP contribution in [-0.2, 0) is 31.4 Å². The van der Waals surface area contributed by atoms with E-state index in [9.17, 15) is 18.0 Å². The Morgan fingerprint density at radius 3 is 2.47 bits per heavy atom. The van der Waals surface area contributed by atoms with Gasteiger partial charge in [0.25, 0.3) is 0 Å². The molecule has 2 aromatic rings. The van der Waals surface area contributed by atoms with E-state index in [1.54, 1.807) is 26.0 Å². The van der Waals surface area contributed by atoms with E-state index in [-0.39, 0.29) is 36.7 Å². The van der Waals surface area contributed by atoms with Crippen molar-refractivity contribution in [2.24, 2.45) is 0 Å². The number of nitrogens with one attached hydrogen (secondary N) is 1. The number of fused-ring (bicyclic) bond motifs is 1. The van der Waals surface area contributed by atoms with Crippen molar-refractivity contribution in [1.82, 2.24) is 4.31 Å². The van der Waals surface area contributed by atoms with Crippen LogP contribution in [0.15, 0.2) is 53.4 Å². The highest BCUT2D eigenvalue weighted by Gasteiger charge is 2.39. The zero-order valence-electron chi connectivity index (χ0n) is 17.1. The lowest BCUT2D eigenvalue weighted by Crippen LogP contribution is -2.34. The van der Waals surface area contributed by atoms with Crippen molar-refractivity contribution in [2.75, 3.05) is 18.4 Å². The second kappa shape index (κ2) is 8.57. The Bertz CT molecular complexity index is 1050. The third kappa shape index (κ3) is 4.55. The van der Waals surface area contributed by atoms with Crippen LogP contribution in [0.1, 0.15) is 37.8 Å². The number of benzene rings is 2. The zero-order chi connectivity index (χ0) is 21.9. The van der Waals surface area contributed by atoms with E-state index in [0.717, 1.165) is 5.56 Å². The van der Waals surface area contributed by atoms with Gasteiger partial charge in [-0.05, 0) is 56.0 Å². The first-order valence-electron chi connectivity index (χ1n) is 9.84. The van der Waals surface area contributed by atoms with Gasteiger partial charge in [-0.2, -0.15) is 4.31 Å². The minimum atomic E-state index is -3.86. The van der Waals surface area contributed by atoms with E-state index >= 15 is 0 Å². The normalized spacial score (nSPS) is 15.1. The third-order valence-electron chi connectivity index (χ3n) is 5.41. The molecule has 1 amide bonds. The molecule has 0 aliphatic carbocycles. The number of aliphatic carboxylic acids is 1. The fourth-order valence-corrected chi connectivity index (χ4v) is 5.02. The van der Waals surface area contributed by atoms with Gasteiger partial charge in [0.15, 0.2) is 0 Å². The van der Waals surface area contributed by atoms with Crippen LogP contribution in [0.5, 0.6) is 0 Å². The Morgan fingerprint density at radius 2 is 1.80 bits per heavy atom. The Labute approximate surface area is 176 Å². The Kier molecular flexibility index (Phi) is 6.28. The first-order valence-corrected chi connectivity index (χ1v) is 11.3. The number of carboxylic acid groups (broad SMARTS) is 1. The van der Waals surface area contributed by atoms with Crippen molar-refractivity contribution < 1.29 is 23.1 Å². The van der Waals surface area contributed by atoms with E-state index in [4.69, 9.17) is 5.11 Å². The van der Waals surface area contributed by atoms with Gasteiger partial charge in [-0.25, -0.2) is 8.42 Å². The predicted molar refractivity (Wildman–Crippen MR) is 114 cm³/mol. The van der Waals surface area contributed by atoms with Gasteiger partial charge in [-0.15, -0.1) is 0 Å². The van der Waals surface area contributed by atoms with E-state index in [1.165, 1.54) is 10.4 Å². The van der Waals surface area contributed by atoms with Gasteiger partial charge >= 0.3 is 5.97 Å². The van der Waals surface area contributed by atoms with Crippen LogP contribution in [0, 0.1) is 0 Å². The van der Waals surface area contributed by atoms with Gasteiger partial charge in [-0.1, -0.05) is 30.3 Å². The molecule has 30 heavy (non-hydrogen) atoms. The fourth-order valence-electron chi connectivity index (χ4n) is 3.52. The first-order chi connectivity index (χ1) is 14.1. The quantitative estimate of drug-likeness (QED) is 0.636. The molecular weight excluding hydrogens is 404 g/mol. The zero-order valence-corrected chi connectivity index (χ0v) is 17.9. The van der Waals surface area contributed by atoms with Crippen LogP contribution in [0.25, 0.3) is 0 Å². The number of hydrogen-bond donors (Lipinski definition) is 2. The third-order valence-corrected chi connectivity index (χ3v) is 7.30. The van der Waals surface area contributed by atoms with E-state index in [0.29, 0.717) is 17.7 Å². The lowest BCUT2D eigenvalue weighted by molar-refractivity contribution is -0.137. The molecule has 0 saturated carbocycles. The van der Waals surface area contributed by atoms with Gasteiger partial charge in [0, 0.05) is 25.2 Å². The molecule has 0 bridgehead atoms. The predicted octanol–water partition coefficient (Wildman–Crippen LogP) is 3.01. The summed E-state index contributed by atoms with van der Waals surface area (Å²) >= 11 is 0. The van der Waals surface area contributed by atoms with E-state index < -0.39 is 21.4 Å². The summed E-state index contributed by atoms with van der Waals surface area (Å²) in [6.07, 6.45) is 0.635. The molecule has 3 rings (SSSR count). The smallest absolute Gasteiger partial charge is 0.303 e. The monoisotopic (exact) mass is 430 g/mol. The van der Waals surface area contributed by atoms with Crippen LogP contribution in [-0.4, -0.2) is 42.8 Å². The second-order valence-corrected chi connectivity index (χ2v) is 9.86. The number of carbonyl (C=O) groups excluding carboxylic acids is 1. The molecule has 0 aromatic heterocycles. The number of nitrogens with zero attached hydrogens (tertiary/aromatic N) is 1. The molecule has 8 heteroatoms. The highest BCUT2D eigenvalue weighted by molar-refractivity contribution is 7.89. The summed E-state index contributed by atoms with van der Waals surface area (Å²) in [5, 5.41) is 11.7. The summed E-state index contributed by atoms with van der Waals surface area (Å²) in [5.74, 6) is -1.13. The van der Waals surface area contributed by atoms with Crippen molar-refractivity contribution in [2.45, 2.75) is 43.4 Å². The molecule has 1 aliphatic rings. The topological polar surface area (TPSA) is 104 Å². The largest absolute Gasteiger partial charge is 0.481 e. The molecule has 1 aliphatic heterocycles. The van der Waals surface area contributed by atoms with E-state index in [2.05, 4.69) is 5.32 Å². The summed E-state index contributed by atoms with van der Waals surface area (Å²) in [6, 6.07) is 14.2. The van der Waals surface area contributed by atoms with Crippen molar-refractivity contribution in [1.29, 1.82) is 0 Å². The average molecular weight is 431 g/mol. The molecule has 0 radical (unpaired) electrons. The lowest BCUT2D eigenvalue weighted by Gasteiger charge is -2.23. The minimum Gasteiger partial charge on any atom is -0.481 e. The second-order valence-electron chi connectivity index (χ2n) is 7.92. The molecule has 7 nitrogen and oxygen atoms in total. The number of sulfonamides is 1. The molecule has 0 atom stereocenters. The van der Waals surface area contributed by atoms with E-state index in [1.807, 2.05) is 30.3 Å². The van der Waals surface area contributed by atoms with Crippen LogP contribution in [0.4, 0.5) is 5.69 Å². The maximum atomic E-state index is 13.4. The first kappa shape index (κ1) is 22.0. The highest BCUT2D eigenvalue weighted by Crippen LogP contribution is 2.38. The molecule has 2 N–H and O–H groups in total. The standard InChI is InChI=1S/C22H26N2O5S/c1-22(2)18-15-17(10-11-19(18)23-21(22)27)30(28,29)24(13-6-9-20(25)26)14-12-16-7-4-3-5-8-16/h3-5,7-8,10-11,15H,6,9,12-14H2,1-2H3,(H,23,27)(H,25,26). The molecule has 160 valence electrons.